The fourth-order valence-electron chi connectivity index (χ4n) is 3.50. The first-order valence-electron chi connectivity index (χ1n) is 7.31. The van der Waals surface area contributed by atoms with Gasteiger partial charge in [0, 0.05) is 18.6 Å². The molecule has 1 aliphatic carbocycles. The molecule has 2 nitrogen and oxygen atoms in total. The van der Waals surface area contributed by atoms with E-state index in [4.69, 9.17) is 5.73 Å². The third kappa shape index (κ3) is 2.98. The monoisotopic (exact) mass is 224 g/mol. The Balaban J connectivity index is 1.93. The van der Waals surface area contributed by atoms with Crippen molar-refractivity contribution in [2.24, 2.45) is 11.7 Å². The van der Waals surface area contributed by atoms with Crippen LogP contribution >= 0.6 is 0 Å². The second-order valence-corrected chi connectivity index (χ2v) is 5.78. The van der Waals surface area contributed by atoms with E-state index in [9.17, 15) is 0 Å². The summed E-state index contributed by atoms with van der Waals surface area (Å²) >= 11 is 0. The van der Waals surface area contributed by atoms with Crippen LogP contribution in [0.1, 0.15) is 58.3 Å². The van der Waals surface area contributed by atoms with E-state index in [-0.39, 0.29) is 0 Å². The minimum Gasteiger partial charge on any atom is -0.326 e. The average molecular weight is 224 g/mol. The number of rotatable bonds is 2. The molecule has 0 amide bonds. The van der Waals surface area contributed by atoms with Gasteiger partial charge in [-0.05, 0) is 38.1 Å². The average Bonchev–Trinajstić information content (AvgIpc) is 2.54. The zero-order valence-corrected chi connectivity index (χ0v) is 10.8. The Morgan fingerprint density at radius 2 is 1.88 bits per heavy atom. The lowest BCUT2D eigenvalue weighted by molar-refractivity contribution is 0.100. The standard InChI is InChI=1S/C14H28N2/c1-2-12-7-6-10-16(11-12)14-9-5-3-4-8-13(14)15/h12-14H,2-11,15H2,1H3. The van der Waals surface area contributed by atoms with Crippen molar-refractivity contribution in [3.63, 3.8) is 0 Å². The summed E-state index contributed by atoms with van der Waals surface area (Å²) in [6.07, 6.45) is 10.9. The highest BCUT2D eigenvalue weighted by atomic mass is 15.2. The molecule has 2 rings (SSSR count). The zero-order valence-electron chi connectivity index (χ0n) is 10.8. The number of likely N-dealkylation sites (tertiary alicyclic amines) is 1. The lowest BCUT2D eigenvalue weighted by Crippen LogP contribution is -2.50. The summed E-state index contributed by atoms with van der Waals surface area (Å²) < 4.78 is 0. The van der Waals surface area contributed by atoms with E-state index in [1.54, 1.807) is 0 Å². The van der Waals surface area contributed by atoms with Crippen LogP contribution in [0.2, 0.25) is 0 Å². The molecule has 0 aromatic carbocycles. The van der Waals surface area contributed by atoms with Crippen LogP contribution in [-0.2, 0) is 0 Å². The molecule has 2 N–H and O–H groups in total. The largest absolute Gasteiger partial charge is 0.326 e. The van der Waals surface area contributed by atoms with E-state index in [1.165, 1.54) is 64.5 Å². The molecule has 2 heteroatoms. The molecule has 0 radical (unpaired) electrons. The van der Waals surface area contributed by atoms with Crippen LogP contribution in [0.25, 0.3) is 0 Å². The first kappa shape index (κ1) is 12.4. The van der Waals surface area contributed by atoms with Gasteiger partial charge >= 0.3 is 0 Å². The summed E-state index contributed by atoms with van der Waals surface area (Å²) in [7, 11) is 0. The molecule has 3 atom stereocenters. The highest BCUT2D eigenvalue weighted by molar-refractivity contribution is 4.87. The molecular weight excluding hydrogens is 196 g/mol. The lowest BCUT2D eigenvalue weighted by atomic mass is 9.92. The van der Waals surface area contributed by atoms with Crippen molar-refractivity contribution in [1.82, 2.24) is 4.90 Å². The maximum absolute atomic E-state index is 6.36. The molecule has 0 bridgehead atoms. The van der Waals surface area contributed by atoms with Gasteiger partial charge in [-0.2, -0.15) is 0 Å². The third-order valence-corrected chi connectivity index (χ3v) is 4.63. The van der Waals surface area contributed by atoms with E-state index in [0.717, 1.165) is 5.92 Å². The van der Waals surface area contributed by atoms with Gasteiger partial charge in [-0.1, -0.05) is 32.6 Å². The fraction of sp³-hybridized carbons (Fsp3) is 1.00. The second kappa shape index (κ2) is 6.02. The quantitative estimate of drug-likeness (QED) is 0.731. The molecule has 0 aromatic rings. The van der Waals surface area contributed by atoms with Gasteiger partial charge in [-0.3, -0.25) is 4.90 Å². The topological polar surface area (TPSA) is 29.3 Å². The van der Waals surface area contributed by atoms with Crippen molar-refractivity contribution in [2.75, 3.05) is 13.1 Å². The van der Waals surface area contributed by atoms with E-state index >= 15 is 0 Å². The third-order valence-electron chi connectivity index (χ3n) is 4.63. The maximum Gasteiger partial charge on any atom is 0.0247 e. The molecule has 2 aliphatic rings. The SMILES string of the molecule is CCC1CCCN(C2CCCCCC2N)C1. The van der Waals surface area contributed by atoms with Gasteiger partial charge in [0.2, 0.25) is 0 Å². The summed E-state index contributed by atoms with van der Waals surface area (Å²) in [5.74, 6) is 0.934. The molecule has 1 heterocycles. The molecule has 2 fully saturated rings. The molecule has 16 heavy (non-hydrogen) atoms. The Hall–Kier alpha value is -0.0800. The van der Waals surface area contributed by atoms with Gasteiger partial charge in [-0.25, -0.2) is 0 Å². The van der Waals surface area contributed by atoms with Crippen LogP contribution in [0, 0.1) is 5.92 Å². The molecular formula is C14H28N2. The molecule has 94 valence electrons. The molecule has 1 saturated carbocycles. The minimum absolute atomic E-state index is 0.443. The molecule has 1 saturated heterocycles. The number of hydrogen-bond donors (Lipinski definition) is 1. The molecule has 3 unspecified atom stereocenters. The number of hydrogen-bond acceptors (Lipinski definition) is 2. The Bertz CT molecular complexity index is 205. The Morgan fingerprint density at radius 3 is 2.69 bits per heavy atom. The predicted octanol–water partition coefficient (Wildman–Crippen LogP) is 2.77. The summed E-state index contributed by atoms with van der Waals surface area (Å²) in [5.41, 5.74) is 6.36. The van der Waals surface area contributed by atoms with Gasteiger partial charge in [0.05, 0.1) is 0 Å². The van der Waals surface area contributed by atoms with Gasteiger partial charge in [0.15, 0.2) is 0 Å². The summed E-state index contributed by atoms with van der Waals surface area (Å²) in [6, 6.07) is 1.13. The maximum atomic E-state index is 6.36. The van der Waals surface area contributed by atoms with Gasteiger partial charge in [-0.15, -0.1) is 0 Å². The van der Waals surface area contributed by atoms with E-state index in [2.05, 4.69) is 11.8 Å². The first-order valence-corrected chi connectivity index (χ1v) is 7.31. The Morgan fingerprint density at radius 1 is 1.06 bits per heavy atom. The van der Waals surface area contributed by atoms with Crippen LogP contribution in [0.4, 0.5) is 0 Å². The highest BCUT2D eigenvalue weighted by Gasteiger charge is 2.29. The summed E-state index contributed by atoms with van der Waals surface area (Å²) in [6.45, 7) is 4.95. The predicted molar refractivity (Wildman–Crippen MR) is 69.4 cm³/mol. The molecule has 0 aromatic heterocycles. The molecule has 0 spiro atoms. The lowest BCUT2D eigenvalue weighted by Gasteiger charge is -2.40. The Labute approximate surface area is 101 Å². The van der Waals surface area contributed by atoms with Crippen LogP contribution in [0.15, 0.2) is 0 Å². The van der Waals surface area contributed by atoms with Crippen molar-refractivity contribution in [1.29, 1.82) is 0 Å². The van der Waals surface area contributed by atoms with E-state index < -0.39 is 0 Å². The minimum atomic E-state index is 0.443. The summed E-state index contributed by atoms with van der Waals surface area (Å²) in [5, 5.41) is 0. The van der Waals surface area contributed by atoms with Gasteiger partial charge in [0.1, 0.15) is 0 Å². The van der Waals surface area contributed by atoms with Crippen LogP contribution in [-0.4, -0.2) is 30.1 Å². The van der Waals surface area contributed by atoms with Crippen LogP contribution in [0.5, 0.6) is 0 Å². The first-order chi connectivity index (χ1) is 7.81. The van der Waals surface area contributed by atoms with Gasteiger partial charge in [0.25, 0.3) is 0 Å². The van der Waals surface area contributed by atoms with Gasteiger partial charge < -0.3 is 5.73 Å². The van der Waals surface area contributed by atoms with Crippen molar-refractivity contribution < 1.29 is 0 Å². The van der Waals surface area contributed by atoms with Crippen molar-refractivity contribution >= 4 is 0 Å². The molecule has 1 aliphatic heterocycles. The number of nitrogens with zero attached hydrogens (tertiary/aromatic N) is 1. The van der Waals surface area contributed by atoms with E-state index in [1.807, 2.05) is 0 Å². The van der Waals surface area contributed by atoms with E-state index in [0.29, 0.717) is 12.1 Å². The number of piperidine rings is 1. The van der Waals surface area contributed by atoms with Crippen molar-refractivity contribution in [3.8, 4) is 0 Å². The van der Waals surface area contributed by atoms with Crippen LogP contribution in [0.3, 0.4) is 0 Å². The summed E-state index contributed by atoms with van der Waals surface area (Å²) in [4.78, 5) is 2.72. The van der Waals surface area contributed by atoms with Crippen molar-refractivity contribution in [3.05, 3.63) is 0 Å². The number of nitrogens with two attached hydrogens (primary N) is 1. The second-order valence-electron chi connectivity index (χ2n) is 5.78. The normalized spacial score (nSPS) is 38.2. The fourth-order valence-corrected chi connectivity index (χ4v) is 3.50. The van der Waals surface area contributed by atoms with Crippen LogP contribution < -0.4 is 5.73 Å². The Kier molecular flexibility index (Phi) is 4.66. The smallest absolute Gasteiger partial charge is 0.0247 e. The van der Waals surface area contributed by atoms with Crippen molar-refractivity contribution in [2.45, 2.75) is 70.4 Å². The zero-order chi connectivity index (χ0) is 11.4. The highest BCUT2D eigenvalue weighted by Crippen LogP contribution is 2.27.